The van der Waals surface area contributed by atoms with Crippen molar-refractivity contribution in [3.8, 4) is 0 Å². The van der Waals surface area contributed by atoms with Crippen LogP contribution in [0.4, 0.5) is 0 Å². The highest BCUT2D eigenvalue weighted by molar-refractivity contribution is 5.95. The predicted molar refractivity (Wildman–Crippen MR) is 107 cm³/mol. The molecule has 1 aromatic carbocycles. The number of nitrogens with one attached hydrogen (secondary N) is 1. The largest absolute Gasteiger partial charge is 0.477 e. The van der Waals surface area contributed by atoms with Gasteiger partial charge in [-0.05, 0) is 67.7 Å². The SMILES string of the molecule is C[C@@H]1C[C@]1(c1noc(=O)[nH]1)n1c(C(=O)O)cc2cc([C@H]3CCOC4(CC4)C3)ccc21. The lowest BCUT2D eigenvalue weighted by Gasteiger charge is -2.30. The van der Waals surface area contributed by atoms with Gasteiger partial charge in [0.1, 0.15) is 11.2 Å². The Hall–Kier alpha value is -2.87. The van der Waals surface area contributed by atoms with Crippen LogP contribution in [-0.2, 0) is 10.3 Å². The summed E-state index contributed by atoms with van der Waals surface area (Å²) in [5.41, 5.74) is 1.64. The molecular weight excluding hydrogens is 386 g/mol. The summed E-state index contributed by atoms with van der Waals surface area (Å²) in [6, 6.07) is 7.98. The van der Waals surface area contributed by atoms with Gasteiger partial charge in [-0.1, -0.05) is 18.1 Å². The summed E-state index contributed by atoms with van der Waals surface area (Å²) in [4.78, 5) is 26.4. The van der Waals surface area contributed by atoms with Crippen molar-refractivity contribution in [2.75, 3.05) is 6.61 Å². The Morgan fingerprint density at radius 1 is 1.30 bits per heavy atom. The number of ether oxygens (including phenoxy) is 1. The van der Waals surface area contributed by atoms with Crippen molar-refractivity contribution in [2.45, 2.75) is 56.1 Å². The molecule has 2 aromatic heterocycles. The molecule has 0 amide bonds. The predicted octanol–water partition coefficient (Wildman–Crippen LogP) is 3.23. The van der Waals surface area contributed by atoms with Crippen molar-refractivity contribution in [3.05, 3.63) is 51.9 Å². The summed E-state index contributed by atoms with van der Waals surface area (Å²) >= 11 is 0. The zero-order valence-corrected chi connectivity index (χ0v) is 16.7. The Bertz CT molecular complexity index is 1230. The molecular formula is C22H23N3O5. The fraction of sp³-hybridized carbons (Fsp3) is 0.500. The van der Waals surface area contributed by atoms with Gasteiger partial charge in [-0.3, -0.25) is 9.51 Å². The van der Waals surface area contributed by atoms with Crippen LogP contribution in [0.25, 0.3) is 10.9 Å². The van der Waals surface area contributed by atoms with Crippen molar-refractivity contribution < 1.29 is 19.2 Å². The number of H-pyrrole nitrogens is 1. The van der Waals surface area contributed by atoms with E-state index < -0.39 is 17.3 Å². The molecule has 30 heavy (non-hydrogen) atoms. The van der Waals surface area contributed by atoms with Crippen molar-refractivity contribution in [3.63, 3.8) is 0 Å². The zero-order valence-electron chi connectivity index (χ0n) is 16.7. The summed E-state index contributed by atoms with van der Waals surface area (Å²) in [5.74, 6) is -0.698. The van der Waals surface area contributed by atoms with Gasteiger partial charge in [0.25, 0.3) is 0 Å². The molecule has 2 saturated carbocycles. The van der Waals surface area contributed by atoms with Gasteiger partial charge in [0.15, 0.2) is 5.82 Å². The molecule has 3 aliphatic rings. The molecule has 0 unspecified atom stereocenters. The molecule has 3 aromatic rings. The number of hydrogen-bond acceptors (Lipinski definition) is 5. The summed E-state index contributed by atoms with van der Waals surface area (Å²) in [5, 5.41) is 14.7. The lowest BCUT2D eigenvalue weighted by molar-refractivity contribution is -0.0132. The van der Waals surface area contributed by atoms with Crippen LogP contribution in [0, 0.1) is 5.92 Å². The molecule has 1 saturated heterocycles. The first-order valence-corrected chi connectivity index (χ1v) is 10.5. The Morgan fingerprint density at radius 2 is 2.10 bits per heavy atom. The van der Waals surface area contributed by atoms with Crippen LogP contribution >= 0.6 is 0 Å². The van der Waals surface area contributed by atoms with E-state index in [1.165, 1.54) is 5.56 Å². The van der Waals surface area contributed by atoms with Crippen LogP contribution in [0.5, 0.6) is 0 Å². The molecule has 1 aliphatic heterocycles. The molecule has 6 rings (SSSR count). The van der Waals surface area contributed by atoms with Gasteiger partial charge < -0.3 is 14.4 Å². The molecule has 1 spiro atoms. The van der Waals surface area contributed by atoms with Gasteiger partial charge in [0.05, 0.1) is 5.60 Å². The van der Waals surface area contributed by atoms with Crippen molar-refractivity contribution in [1.82, 2.24) is 14.7 Å². The third-order valence-electron chi connectivity index (χ3n) is 7.34. The van der Waals surface area contributed by atoms with Crippen LogP contribution in [0.3, 0.4) is 0 Å². The lowest BCUT2D eigenvalue weighted by atomic mass is 9.87. The number of aromatic carboxylic acids is 1. The minimum Gasteiger partial charge on any atom is -0.477 e. The van der Waals surface area contributed by atoms with E-state index in [-0.39, 0.29) is 17.2 Å². The molecule has 3 atom stereocenters. The van der Waals surface area contributed by atoms with Crippen LogP contribution in [0.2, 0.25) is 0 Å². The standard InChI is InChI=1S/C22H23N3O5/c1-12-10-22(12,19-23-20(28)30-24-19)25-16-3-2-13(8-15(16)9-17(25)18(26)27)14-4-7-29-21(11-14)5-6-21/h2-3,8-9,12,14H,4-7,10-11H2,1H3,(H,26,27)(H,23,24,28)/t12-,14+,22+/m1/s1. The maximum Gasteiger partial charge on any atom is 0.438 e. The number of aromatic amines is 1. The normalized spacial score (nSPS) is 29.4. The molecule has 8 nitrogen and oxygen atoms in total. The number of hydrogen-bond donors (Lipinski definition) is 2. The topological polar surface area (TPSA) is 110 Å². The van der Waals surface area contributed by atoms with E-state index in [1.807, 2.05) is 17.6 Å². The number of carboxylic acids is 1. The second-order valence-electron chi connectivity index (χ2n) is 9.18. The van der Waals surface area contributed by atoms with Gasteiger partial charge >= 0.3 is 11.7 Å². The maximum atomic E-state index is 12.1. The van der Waals surface area contributed by atoms with Crippen LogP contribution in [0.15, 0.2) is 33.6 Å². The van der Waals surface area contributed by atoms with E-state index in [1.54, 1.807) is 6.07 Å². The second-order valence-corrected chi connectivity index (χ2v) is 9.18. The van der Waals surface area contributed by atoms with Crippen LogP contribution < -0.4 is 5.76 Å². The Kier molecular flexibility index (Phi) is 3.50. The first-order valence-electron chi connectivity index (χ1n) is 10.5. The van der Waals surface area contributed by atoms with Gasteiger partial charge in [0.2, 0.25) is 0 Å². The number of carboxylic acid groups (broad SMARTS) is 1. The Labute approximate surface area is 171 Å². The summed E-state index contributed by atoms with van der Waals surface area (Å²) in [6.07, 6.45) is 4.99. The van der Waals surface area contributed by atoms with Crippen LogP contribution in [-0.4, -0.2) is 38.0 Å². The third kappa shape index (κ3) is 2.46. The van der Waals surface area contributed by atoms with Crippen LogP contribution in [0.1, 0.15) is 66.8 Å². The zero-order chi connectivity index (χ0) is 20.7. The molecule has 8 heteroatoms. The number of nitrogens with zero attached hydrogens (tertiary/aromatic N) is 2. The third-order valence-corrected chi connectivity index (χ3v) is 7.34. The average molecular weight is 409 g/mol. The van der Waals surface area contributed by atoms with E-state index in [0.717, 1.165) is 43.2 Å². The van der Waals surface area contributed by atoms with Gasteiger partial charge in [-0.25, -0.2) is 9.59 Å². The maximum absolute atomic E-state index is 12.1. The van der Waals surface area contributed by atoms with E-state index in [4.69, 9.17) is 9.26 Å². The smallest absolute Gasteiger partial charge is 0.438 e. The van der Waals surface area contributed by atoms with Gasteiger partial charge in [-0.15, -0.1) is 0 Å². The first kappa shape index (κ1) is 17.9. The monoisotopic (exact) mass is 409 g/mol. The number of aromatic nitrogens is 3. The highest BCUT2D eigenvalue weighted by Gasteiger charge is 2.59. The second kappa shape index (κ2) is 5.85. The Balaban J connectivity index is 1.48. The minimum atomic E-state index is -1.000. The molecule has 156 valence electrons. The molecule has 2 N–H and O–H groups in total. The molecule has 2 aliphatic carbocycles. The van der Waals surface area contributed by atoms with Crippen molar-refractivity contribution in [1.29, 1.82) is 0 Å². The van der Waals surface area contributed by atoms with E-state index >= 15 is 0 Å². The fourth-order valence-corrected chi connectivity index (χ4v) is 5.45. The number of benzene rings is 1. The molecule has 3 heterocycles. The van der Waals surface area contributed by atoms with Crippen molar-refractivity contribution in [2.24, 2.45) is 5.92 Å². The molecule has 0 radical (unpaired) electrons. The van der Waals surface area contributed by atoms with Gasteiger partial charge in [0, 0.05) is 17.5 Å². The summed E-state index contributed by atoms with van der Waals surface area (Å²) in [7, 11) is 0. The molecule has 3 fully saturated rings. The minimum absolute atomic E-state index is 0.0857. The average Bonchev–Trinajstić information content (AvgIpc) is 3.49. The quantitative estimate of drug-likeness (QED) is 0.685. The Morgan fingerprint density at radius 3 is 2.73 bits per heavy atom. The molecule has 0 bridgehead atoms. The van der Waals surface area contributed by atoms with Crippen molar-refractivity contribution >= 4 is 16.9 Å². The van der Waals surface area contributed by atoms with E-state index in [2.05, 4.69) is 22.3 Å². The number of carbonyl (C=O) groups is 1. The lowest BCUT2D eigenvalue weighted by Crippen LogP contribution is -2.27. The van der Waals surface area contributed by atoms with E-state index in [0.29, 0.717) is 18.2 Å². The van der Waals surface area contributed by atoms with E-state index in [9.17, 15) is 14.7 Å². The summed E-state index contributed by atoms with van der Waals surface area (Å²) in [6.45, 7) is 2.81. The summed E-state index contributed by atoms with van der Waals surface area (Å²) < 4.78 is 12.5. The van der Waals surface area contributed by atoms with Gasteiger partial charge in [-0.2, -0.15) is 0 Å². The number of fused-ring (bicyclic) bond motifs is 1. The highest BCUT2D eigenvalue weighted by atomic mass is 16.5. The highest BCUT2D eigenvalue weighted by Crippen LogP contribution is 2.56. The first-order chi connectivity index (χ1) is 14.4. The fourth-order valence-electron chi connectivity index (χ4n) is 5.45. The number of rotatable bonds is 4.